The molecule has 1 unspecified atom stereocenters. The summed E-state index contributed by atoms with van der Waals surface area (Å²) >= 11 is 0. The summed E-state index contributed by atoms with van der Waals surface area (Å²) in [5, 5.41) is 4.62. The Morgan fingerprint density at radius 3 is 2.58 bits per heavy atom. The molecule has 148 valence electrons. The topological polar surface area (TPSA) is 72.3 Å². The van der Waals surface area contributed by atoms with Crippen LogP contribution in [0.1, 0.15) is 57.0 Å². The molecule has 2 rings (SSSR count). The van der Waals surface area contributed by atoms with Crippen LogP contribution in [0.4, 0.5) is 0 Å². The van der Waals surface area contributed by atoms with Crippen molar-refractivity contribution in [2.75, 3.05) is 18.1 Å². The number of aromatic nitrogens is 2. The standard InChI is InChI=1S/C19H33N3O3S/c1-6-10-21(17-9-11-26(24,25)13-17)19(23)8-7-18-15(4)20-22(16(18)5)12-14(2)3/h14,17H,6-13H2,1-5H3. The molecule has 0 N–H and O–H groups in total. The van der Waals surface area contributed by atoms with E-state index in [0.29, 0.717) is 31.7 Å². The first-order chi connectivity index (χ1) is 12.1. The minimum atomic E-state index is -2.99. The minimum Gasteiger partial charge on any atom is -0.339 e. The average Bonchev–Trinajstić information content (AvgIpc) is 3.02. The Kier molecular flexibility index (Phi) is 6.88. The first kappa shape index (κ1) is 20.9. The highest BCUT2D eigenvalue weighted by molar-refractivity contribution is 7.91. The van der Waals surface area contributed by atoms with Crippen molar-refractivity contribution in [2.24, 2.45) is 5.92 Å². The van der Waals surface area contributed by atoms with Gasteiger partial charge in [-0.25, -0.2) is 8.42 Å². The molecule has 0 spiro atoms. The molecular weight excluding hydrogens is 350 g/mol. The summed E-state index contributed by atoms with van der Waals surface area (Å²) in [4.78, 5) is 14.6. The maximum Gasteiger partial charge on any atom is 0.223 e. The fourth-order valence-electron chi connectivity index (χ4n) is 3.77. The van der Waals surface area contributed by atoms with Crippen LogP contribution in [0.3, 0.4) is 0 Å². The van der Waals surface area contributed by atoms with Gasteiger partial charge >= 0.3 is 0 Å². The number of carbonyl (C=O) groups excluding carboxylic acids is 1. The average molecular weight is 384 g/mol. The van der Waals surface area contributed by atoms with E-state index in [2.05, 4.69) is 25.9 Å². The van der Waals surface area contributed by atoms with Crippen LogP contribution >= 0.6 is 0 Å². The monoisotopic (exact) mass is 383 g/mol. The molecule has 2 heterocycles. The molecule has 1 atom stereocenters. The maximum absolute atomic E-state index is 12.8. The van der Waals surface area contributed by atoms with E-state index in [4.69, 9.17) is 0 Å². The summed E-state index contributed by atoms with van der Waals surface area (Å²) in [5.41, 5.74) is 3.27. The third-order valence-electron chi connectivity index (χ3n) is 5.09. The molecule has 6 nitrogen and oxygen atoms in total. The van der Waals surface area contributed by atoms with Gasteiger partial charge in [-0.2, -0.15) is 5.10 Å². The predicted molar refractivity (Wildman–Crippen MR) is 104 cm³/mol. The number of nitrogens with zero attached hydrogens (tertiary/aromatic N) is 3. The molecule has 1 aromatic rings. The molecule has 0 radical (unpaired) electrons. The second-order valence-corrected chi connectivity index (χ2v) is 10.1. The molecule has 1 aliphatic heterocycles. The Morgan fingerprint density at radius 2 is 2.04 bits per heavy atom. The molecule has 0 aliphatic carbocycles. The highest BCUT2D eigenvalue weighted by Crippen LogP contribution is 2.21. The van der Waals surface area contributed by atoms with Crippen molar-refractivity contribution in [3.05, 3.63) is 17.0 Å². The van der Waals surface area contributed by atoms with Crippen LogP contribution in [0.25, 0.3) is 0 Å². The number of aryl methyl sites for hydroxylation is 1. The van der Waals surface area contributed by atoms with Crippen LogP contribution in [0.15, 0.2) is 0 Å². The second-order valence-electron chi connectivity index (χ2n) is 7.87. The van der Waals surface area contributed by atoms with Gasteiger partial charge in [0, 0.05) is 31.2 Å². The Hall–Kier alpha value is -1.37. The second kappa shape index (κ2) is 8.55. The van der Waals surface area contributed by atoms with Gasteiger partial charge < -0.3 is 4.90 Å². The van der Waals surface area contributed by atoms with Gasteiger partial charge in [-0.15, -0.1) is 0 Å². The van der Waals surface area contributed by atoms with Gasteiger partial charge in [0.1, 0.15) is 0 Å². The largest absolute Gasteiger partial charge is 0.339 e. The van der Waals surface area contributed by atoms with Crippen molar-refractivity contribution in [3.8, 4) is 0 Å². The molecule has 0 bridgehead atoms. The fraction of sp³-hybridized carbons (Fsp3) is 0.789. The van der Waals surface area contributed by atoms with Crippen LogP contribution in [-0.2, 0) is 27.6 Å². The number of hydrogen-bond donors (Lipinski definition) is 0. The molecular formula is C19H33N3O3S. The van der Waals surface area contributed by atoms with Gasteiger partial charge in [0.15, 0.2) is 9.84 Å². The quantitative estimate of drug-likeness (QED) is 0.691. The van der Waals surface area contributed by atoms with Crippen molar-refractivity contribution in [1.82, 2.24) is 14.7 Å². The van der Waals surface area contributed by atoms with Gasteiger partial charge in [0.2, 0.25) is 5.91 Å². The zero-order chi connectivity index (χ0) is 19.5. The molecule has 1 saturated heterocycles. The number of sulfone groups is 1. The summed E-state index contributed by atoms with van der Waals surface area (Å²) in [5.74, 6) is 0.894. The third-order valence-corrected chi connectivity index (χ3v) is 6.84. The molecule has 1 aromatic heterocycles. The van der Waals surface area contributed by atoms with E-state index < -0.39 is 9.84 Å². The lowest BCUT2D eigenvalue weighted by atomic mass is 10.1. The third kappa shape index (κ3) is 5.09. The molecule has 0 saturated carbocycles. The van der Waals surface area contributed by atoms with Crippen molar-refractivity contribution in [3.63, 3.8) is 0 Å². The van der Waals surface area contributed by atoms with Crippen molar-refractivity contribution < 1.29 is 13.2 Å². The van der Waals surface area contributed by atoms with Crippen LogP contribution in [0.2, 0.25) is 0 Å². The van der Waals surface area contributed by atoms with E-state index in [9.17, 15) is 13.2 Å². The Morgan fingerprint density at radius 1 is 1.35 bits per heavy atom. The van der Waals surface area contributed by atoms with E-state index >= 15 is 0 Å². The van der Waals surface area contributed by atoms with Gasteiger partial charge in [0.25, 0.3) is 0 Å². The van der Waals surface area contributed by atoms with E-state index in [1.807, 2.05) is 18.5 Å². The van der Waals surface area contributed by atoms with Gasteiger partial charge in [-0.05, 0) is 44.6 Å². The Balaban J connectivity index is 2.05. The lowest BCUT2D eigenvalue weighted by molar-refractivity contribution is -0.133. The molecule has 0 aromatic carbocycles. The normalized spacial score (nSPS) is 19.2. The summed E-state index contributed by atoms with van der Waals surface area (Å²) in [6.45, 7) is 11.9. The maximum atomic E-state index is 12.8. The number of carbonyl (C=O) groups is 1. The van der Waals surface area contributed by atoms with E-state index in [1.165, 1.54) is 0 Å². The highest BCUT2D eigenvalue weighted by atomic mass is 32.2. The van der Waals surface area contributed by atoms with Crippen LogP contribution in [-0.4, -0.2) is 53.1 Å². The Labute approximate surface area is 157 Å². The van der Waals surface area contributed by atoms with Gasteiger partial charge in [-0.3, -0.25) is 9.48 Å². The van der Waals surface area contributed by atoms with Crippen molar-refractivity contribution in [2.45, 2.75) is 72.9 Å². The zero-order valence-electron chi connectivity index (χ0n) is 16.8. The smallest absolute Gasteiger partial charge is 0.223 e. The van der Waals surface area contributed by atoms with E-state index in [1.54, 1.807) is 4.90 Å². The first-order valence-electron chi connectivity index (χ1n) is 9.67. The highest BCUT2D eigenvalue weighted by Gasteiger charge is 2.34. The summed E-state index contributed by atoms with van der Waals surface area (Å²) in [6, 6.07) is -0.154. The molecule has 1 amide bonds. The van der Waals surface area contributed by atoms with Crippen LogP contribution < -0.4 is 0 Å². The van der Waals surface area contributed by atoms with E-state index in [-0.39, 0.29) is 23.5 Å². The summed E-state index contributed by atoms with van der Waals surface area (Å²) < 4.78 is 25.6. The van der Waals surface area contributed by atoms with Gasteiger partial charge in [0.05, 0.1) is 17.2 Å². The zero-order valence-corrected chi connectivity index (χ0v) is 17.6. The lowest BCUT2D eigenvalue weighted by Gasteiger charge is -2.28. The molecule has 7 heteroatoms. The summed E-state index contributed by atoms with van der Waals surface area (Å²) in [7, 11) is -2.99. The van der Waals surface area contributed by atoms with Crippen LogP contribution in [0, 0.1) is 19.8 Å². The Bertz CT molecular complexity index is 737. The SMILES string of the molecule is CCCN(C(=O)CCc1c(C)nn(CC(C)C)c1C)C1CCS(=O)(=O)C1. The number of amides is 1. The first-order valence-corrected chi connectivity index (χ1v) is 11.5. The van der Waals surface area contributed by atoms with E-state index in [0.717, 1.165) is 29.9 Å². The fourth-order valence-corrected chi connectivity index (χ4v) is 5.50. The van der Waals surface area contributed by atoms with Crippen molar-refractivity contribution in [1.29, 1.82) is 0 Å². The molecule has 1 aliphatic rings. The predicted octanol–water partition coefficient (Wildman–Crippen LogP) is 2.51. The lowest BCUT2D eigenvalue weighted by Crippen LogP contribution is -2.41. The van der Waals surface area contributed by atoms with Crippen molar-refractivity contribution >= 4 is 15.7 Å². The number of rotatable bonds is 8. The number of hydrogen-bond acceptors (Lipinski definition) is 4. The molecule has 1 fully saturated rings. The minimum absolute atomic E-state index is 0.0596. The van der Waals surface area contributed by atoms with Gasteiger partial charge in [-0.1, -0.05) is 20.8 Å². The van der Waals surface area contributed by atoms with Crippen LogP contribution in [0.5, 0.6) is 0 Å². The summed E-state index contributed by atoms with van der Waals surface area (Å²) in [6.07, 6.45) is 2.48. The molecule has 26 heavy (non-hydrogen) atoms.